The van der Waals surface area contributed by atoms with Crippen LogP contribution in [0.4, 0.5) is 5.69 Å². The Morgan fingerprint density at radius 1 is 0.971 bits per heavy atom. The van der Waals surface area contributed by atoms with Crippen LogP contribution < -0.4 is 4.74 Å². The van der Waals surface area contributed by atoms with Crippen molar-refractivity contribution in [2.24, 2.45) is 0 Å². The molecule has 2 rings (SSSR count). The number of nitro groups is 1. The molecule has 1 aromatic carbocycles. The predicted molar refractivity (Wildman–Crippen MR) is 110 cm³/mol. The number of carbonyl (C=O) groups excluding carboxylic acids is 4. The first kappa shape index (κ1) is 20.8. The van der Waals surface area contributed by atoms with Crippen LogP contribution in [0.15, 0.2) is 18.2 Å². The van der Waals surface area contributed by atoms with Gasteiger partial charge in [0.05, 0.1) is 4.92 Å². The van der Waals surface area contributed by atoms with E-state index in [0.717, 1.165) is 6.07 Å². The molecule has 34 heavy (non-hydrogen) atoms. The molecule has 0 saturated carbocycles. The van der Waals surface area contributed by atoms with E-state index < -0.39 is 93.7 Å². The van der Waals surface area contributed by atoms with Crippen LogP contribution >= 0.6 is 0 Å². The number of esters is 4. The van der Waals surface area contributed by atoms with Gasteiger partial charge in [0.1, 0.15) is 18.5 Å². The van der Waals surface area contributed by atoms with E-state index in [-0.39, 0.29) is 17.0 Å². The molecule has 1 unspecified atom stereocenters. The Kier molecular flexibility index (Phi) is 6.99. The largest absolute Gasteiger partial charge is 0.463 e. The van der Waals surface area contributed by atoms with Gasteiger partial charge in [-0.25, -0.2) is 0 Å². The maximum atomic E-state index is 12.1. The van der Waals surface area contributed by atoms with Crippen LogP contribution in [-0.2, 0) is 42.9 Å². The monoisotopic (exact) mass is 487 g/mol. The predicted octanol–water partition coefficient (Wildman–Crippen LogP) is 1.37. The van der Waals surface area contributed by atoms with Gasteiger partial charge in [0, 0.05) is 45.2 Å². The number of carbonyl (C=O) groups is 4. The van der Waals surface area contributed by atoms with E-state index in [0.29, 0.717) is 0 Å². The zero-order chi connectivity index (χ0) is 28.4. The summed E-state index contributed by atoms with van der Waals surface area (Å²) in [6, 6.07) is 3.54. The van der Waals surface area contributed by atoms with Crippen LogP contribution in [0.25, 0.3) is 0 Å². The third kappa shape index (κ3) is 7.13. The van der Waals surface area contributed by atoms with Crippen molar-refractivity contribution < 1.29 is 58.0 Å². The van der Waals surface area contributed by atoms with E-state index in [1.54, 1.807) is 0 Å². The molecule has 186 valence electrons. The van der Waals surface area contributed by atoms with Crippen LogP contribution in [-0.4, -0.2) is 66.1 Å². The van der Waals surface area contributed by atoms with Crippen molar-refractivity contribution in [3.63, 3.8) is 0 Å². The highest BCUT2D eigenvalue weighted by Gasteiger charge is 2.53. The molecule has 0 spiro atoms. The van der Waals surface area contributed by atoms with Gasteiger partial charge in [-0.1, -0.05) is 0 Å². The van der Waals surface area contributed by atoms with Gasteiger partial charge in [0.15, 0.2) is 12.2 Å². The van der Waals surface area contributed by atoms with Crippen molar-refractivity contribution in [1.29, 1.82) is 0 Å². The van der Waals surface area contributed by atoms with Crippen LogP contribution in [0.5, 0.6) is 5.75 Å². The SMILES string of the molecule is [2H]CC(=O)OC[C@H]1OC(Oc2ccc([N+](=O)[O-])cc2C)[C@H](OC(=O)C[2H])[C@@H](OC(=O)C[2H])[C@H]1OC(=O)C[2H]. The van der Waals surface area contributed by atoms with Gasteiger partial charge < -0.3 is 28.4 Å². The Balaban J connectivity index is 2.55. The van der Waals surface area contributed by atoms with Crippen molar-refractivity contribution in [2.75, 3.05) is 6.61 Å². The summed E-state index contributed by atoms with van der Waals surface area (Å²) >= 11 is 0. The van der Waals surface area contributed by atoms with E-state index in [4.69, 9.17) is 33.9 Å². The second-order valence-corrected chi connectivity index (χ2v) is 6.91. The number of rotatable bonds is 8. The van der Waals surface area contributed by atoms with Crippen molar-refractivity contribution >= 4 is 29.6 Å². The second-order valence-electron chi connectivity index (χ2n) is 6.91. The van der Waals surface area contributed by atoms with Gasteiger partial charge in [-0.15, -0.1) is 0 Å². The van der Waals surface area contributed by atoms with Crippen molar-refractivity contribution in [1.82, 2.24) is 0 Å². The molecule has 0 radical (unpaired) electrons. The fourth-order valence-electron chi connectivity index (χ4n) is 3.14. The molecule has 1 saturated heterocycles. The van der Waals surface area contributed by atoms with E-state index in [2.05, 4.69) is 0 Å². The Hall–Kier alpha value is -3.74. The minimum absolute atomic E-state index is 0.0154. The lowest BCUT2D eigenvalue weighted by Gasteiger charge is -2.44. The fourth-order valence-corrected chi connectivity index (χ4v) is 3.14. The Labute approximate surface area is 199 Å². The van der Waals surface area contributed by atoms with Crippen LogP contribution in [0, 0.1) is 17.0 Å². The highest BCUT2D eigenvalue weighted by atomic mass is 16.7. The summed E-state index contributed by atoms with van der Waals surface area (Å²) in [5.41, 5.74) is 0.00872. The van der Waals surface area contributed by atoms with Crippen molar-refractivity contribution in [2.45, 2.75) is 65.2 Å². The average Bonchev–Trinajstić information content (AvgIpc) is 2.90. The summed E-state index contributed by atoms with van der Waals surface area (Å²) in [7, 11) is 0. The third-order valence-corrected chi connectivity index (χ3v) is 4.41. The van der Waals surface area contributed by atoms with Gasteiger partial charge >= 0.3 is 23.9 Å². The number of nitrogens with zero attached hydrogens (tertiary/aromatic N) is 1. The smallest absolute Gasteiger partial charge is 0.303 e. The van der Waals surface area contributed by atoms with Gasteiger partial charge in [-0.05, 0) is 18.6 Å². The molecular formula is C21H25NO12. The quantitative estimate of drug-likeness (QED) is 0.224. The molecule has 1 heterocycles. The molecule has 5 atom stereocenters. The lowest BCUT2D eigenvalue weighted by molar-refractivity contribution is -0.384. The van der Waals surface area contributed by atoms with Gasteiger partial charge in [-0.2, -0.15) is 0 Å². The number of nitro benzene ring substituents is 1. The second kappa shape index (κ2) is 11.4. The molecule has 0 bridgehead atoms. The lowest BCUT2D eigenvalue weighted by Crippen LogP contribution is -2.63. The summed E-state index contributed by atoms with van der Waals surface area (Å²) in [4.78, 5) is 58.2. The molecule has 1 aliphatic heterocycles. The maximum Gasteiger partial charge on any atom is 0.303 e. The van der Waals surface area contributed by atoms with E-state index >= 15 is 0 Å². The standard InChI is InChI=1S/C21H25NO12/c1-10-8-15(22(27)28)6-7-16(10)33-21-20(32-14(5)26)19(31-13(4)25)18(30-12(3)24)17(34-21)9-29-11(2)23/h6-8,17-21H,9H2,1-5H3/t17-,18+,19+,20-,21?/m1/s1/i2D,3D,4D,5D. The molecule has 1 aliphatic rings. The molecule has 1 fully saturated rings. The van der Waals surface area contributed by atoms with Crippen LogP contribution in [0.3, 0.4) is 0 Å². The average molecular weight is 487 g/mol. The topological polar surface area (TPSA) is 167 Å². The molecular weight excluding hydrogens is 458 g/mol. The lowest BCUT2D eigenvalue weighted by atomic mass is 9.98. The maximum absolute atomic E-state index is 12.1. The number of hydrogen-bond acceptors (Lipinski definition) is 12. The molecule has 0 aromatic heterocycles. The summed E-state index contributed by atoms with van der Waals surface area (Å²) in [6.45, 7) is -2.57. The number of hydrogen-bond donors (Lipinski definition) is 0. The summed E-state index contributed by atoms with van der Waals surface area (Å²) in [5.74, 6) is -4.34. The zero-order valence-electron chi connectivity index (χ0n) is 22.0. The van der Waals surface area contributed by atoms with Crippen LogP contribution in [0.1, 0.15) is 38.6 Å². The molecule has 0 N–H and O–H groups in total. The Bertz CT molecular complexity index is 1040. The first-order valence-electron chi connectivity index (χ1n) is 12.4. The molecule has 1 aromatic rings. The zero-order valence-corrected chi connectivity index (χ0v) is 18.0. The van der Waals surface area contributed by atoms with E-state index in [1.807, 2.05) is 0 Å². The van der Waals surface area contributed by atoms with Crippen LogP contribution in [0.2, 0.25) is 0 Å². The number of non-ortho nitro benzene ring substituents is 1. The minimum Gasteiger partial charge on any atom is -0.463 e. The Morgan fingerprint density at radius 2 is 1.56 bits per heavy atom. The fraction of sp³-hybridized carbons (Fsp3) is 0.524. The van der Waals surface area contributed by atoms with Crippen molar-refractivity contribution in [3.05, 3.63) is 33.9 Å². The number of ether oxygens (including phenoxy) is 6. The molecule has 0 aliphatic carbocycles. The third-order valence-electron chi connectivity index (χ3n) is 4.41. The number of benzene rings is 1. The van der Waals surface area contributed by atoms with E-state index in [9.17, 15) is 29.3 Å². The van der Waals surface area contributed by atoms with Gasteiger partial charge in [0.25, 0.3) is 5.69 Å². The van der Waals surface area contributed by atoms with Gasteiger partial charge in [0.2, 0.25) is 12.4 Å². The highest BCUT2D eigenvalue weighted by Crippen LogP contribution is 2.32. The molecule has 0 amide bonds. The first-order valence-corrected chi connectivity index (χ1v) is 9.52. The molecule has 13 nitrogen and oxygen atoms in total. The summed E-state index contributed by atoms with van der Waals surface area (Å²) in [6.07, 6.45) is -8.16. The Morgan fingerprint density at radius 3 is 2.12 bits per heavy atom. The normalized spacial score (nSPS) is 25.4. The van der Waals surface area contributed by atoms with Crippen molar-refractivity contribution in [3.8, 4) is 5.75 Å². The number of aryl methyl sites for hydroxylation is 1. The molecule has 13 heteroatoms. The highest BCUT2D eigenvalue weighted by molar-refractivity contribution is 5.68. The van der Waals surface area contributed by atoms with Gasteiger partial charge in [-0.3, -0.25) is 29.3 Å². The van der Waals surface area contributed by atoms with E-state index in [1.165, 1.54) is 19.1 Å². The first-order chi connectivity index (χ1) is 18.0. The summed E-state index contributed by atoms with van der Waals surface area (Å²) < 4.78 is 61.0. The minimum atomic E-state index is -1.71. The summed E-state index contributed by atoms with van der Waals surface area (Å²) in [5, 5.41) is 11.1.